The number of ether oxygens (including phenoxy) is 1. The highest BCUT2D eigenvalue weighted by atomic mass is 127. The van der Waals surface area contributed by atoms with Crippen LogP contribution in [0.1, 0.15) is 10.4 Å². The van der Waals surface area contributed by atoms with Crippen molar-refractivity contribution < 1.29 is 19.4 Å². The number of hydrogen-bond acceptors (Lipinski definition) is 6. The van der Waals surface area contributed by atoms with Gasteiger partial charge in [-0.05, 0) is 63.4 Å². The molecule has 2 aromatic rings. The first-order valence-electron chi connectivity index (χ1n) is 5.88. The lowest BCUT2D eigenvalue weighted by molar-refractivity contribution is -0.394. The van der Waals surface area contributed by atoms with Crippen LogP contribution in [0.15, 0.2) is 30.3 Å². The Kier molecular flexibility index (Phi) is 5.46. The van der Waals surface area contributed by atoms with Crippen molar-refractivity contribution in [2.24, 2.45) is 0 Å². The van der Waals surface area contributed by atoms with Crippen LogP contribution in [0.4, 0.5) is 11.4 Å². The summed E-state index contributed by atoms with van der Waals surface area (Å²) in [5, 5.41) is 21.8. The molecule has 0 atom stereocenters. The number of carbonyl (C=O) groups is 1. The van der Waals surface area contributed by atoms with Gasteiger partial charge in [-0.25, -0.2) is 0 Å². The highest BCUT2D eigenvalue weighted by Crippen LogP contribution is 2.37. The summed E-state index contributed by atoms with van der Waals surface area (Å²) in [6.07, 6.45) is 0.580. The van der Waals surface area contributed by atoms with Crippen molar-refractivity contribution in [3.05, 3.63) is 63.3 Å². The molecule has 0 unspecified atom stereocenters. The molecule has 0 N–H and O–H groups in total. The Balaban J connectivity index is 2.55. The largest absolute Gasteiger partial charge is 0.448 e. The fraction of sp³-hybridized carbons (Fsp3) is 0. The summed E-state index contributed by atoms with van der Waals surface area (Å²) < 4.78 is 6.90. The Bertz CT molecular complexity index is 824. The average Bonchev–Trinajstić information content (AvgIpc) is 2.49. The number of aldehydes is 1. The summed E-state index contributed by atoms with van der Waals surface area (Å²) in [6, 6.07) is 6.36. The van der Waals surface area contributed by atoms with Crippen LogP contribution in [0.2, 0.25) is 0 Å². The zero-order valence-electron chi connectivity index (χ0n) is 11.1. The van der Waals surface area contributed by atoms with Gasteiger partial charge < -0.3 is 4.74 Å². The summed E-state index contributed by atoms with van der Waals surface area (Å²) in [6.45, 7) is 0. The maximum Gasteiger partial charge on any atom is 0.318 e. The minimum atomic E-state index is -0.775. The van der Waals surface area contributed by atoms with Crippen LogP contribution in [0.3, 0.4) is 0 Å². The van der Waals surface area contributed by atoms with Gasteiger partial charge in [-0.3, -0.25) is 25.0 Å². The quantitative estimate of drug-likeness (QED) is 0.242. The second-order valence-corrected chi connectivity index (χ2v) is 6.60. The van der Waals surface area contributed by atoms with Gasteiger partial charge in [0.05, 0.1) is 25.0 Å². The highest BCUT2D eigenvalue weighted by molar-refractivity contribution is 14.1. The Morgan fingerprint density at radius 1 is 1.04 bits per heavy atom. The van der Waals surface area contributed by atoms with Crippen molar-refractivity contribution in [3.8, 4) is 11.5 Å². The van der Waals surface area contributed by atoms with Crippen LogP contribution in [-0.2, 0) is 0 Å². The maximum absolute atomic E-state index is 11.2. The van der Waals surface area contributed by atoms with E-state index in [-0.39, 0.29) is 17.1 Å². The van der Waals surface area contributed by atoms with Crippen LogP contribution in [0.5, 0.6) is 11.5 Å². The van der Waals surface area contributed by atoms with E-state index < -0.39 is 21.2 Å². The van der Waals surface area contributed by atoms with E-state index in [0.29, 0.717) is 9.86 Å². The molecule has 118 valence electrons. The number of nitrogens with zero attached hydrogens (tertiary/aromatic N) is 2. The van der Waals surface area contributed by atoms with Gasteiger partial charge >= 0.3 is 5.69 Å². The molecule has 8 nitrogen and oxygen atoms in total. The lowest BCUT2D eigenvalue weighted by atomic mass is 10.2. The molecular formula is C13H6I2N2O6. The predicted molar refractivity (Wildman–Crippen MR) is 97.1 cm³/mol. The van der Waals surface area contributed by atoms with Crippen molar-refractivity contribution in [1.82, 2.24) is 0 Å². The minimum Gasteiger partial charge on any atom is -0.448 e. The zero-order valence-corrected chi connectivity index (χ0v) is 15.4. The van der Waals surface area contributed by atoms with E-state index in [2.05, 4.69) is 0 Å². The third-order valence-corrected chi connectivity index (χ3v) is 4.15. The summed E-state index contributed by atoms with van der Waals surface area (Å²) >= 11 is 3.97. The molecule has 2 rings (SSSR count). The molecule has 0 saturated carbocycles. The molecular weight excluding hydrogens is 534 g/mol. The Morgan fingerprint density at radius 3 is 2.30 bits per heavy atom. The van der Waals surface area contributed by atoms with E-state index in [1.54, 1.807) is 12.1 Å². The highest BCUT2D eigenvalue weighted by Gasteiger charge is 2.23. The minimum absolute atomic E-state index is 0.165. The predicted octanol–water partition coefficient (Wildman–Crippen LogP) is 4.32. The van der Waals surface area contributed by atoms with E-state index in [4.69, 9.17) is 4.74 Å². The monoisotopic (exact) mass is 540 g/mol. The molecule has 0 spiro atoms. The molecule has 0 aliphatic carbocycles. The Morgan fingerprint density at radius 2 is 1.74 bits per heavy atom. The lowest BCUT2D eigenvalue weighted by Gasteiger charge is -2.11. The zero-order chi connectivity index (χ0) is 17.1. The van der Waals surface area contributed by atoms with Crippen molar-refractivity contribution >= 4 is 62.8 Å². The summed E-state index contributed by atoms with van der Waals surface area (Å²) in [7, 11) is 0. The number of hydrogen-bond donors (Lipinski definition) is 0. The summed E-state index contributed by atoms with van der Waals surface area (Å²) in [5.41, 5.74) is -0.740. The molecule has 0 aromatic heterocycles. The van der Waals surface area contributed by atoms with E-state index in [1.807, 2.05) is 45.2 Å². The number of halogens is 2. The maximum atomic E-state index is 11.2. The molecule has 0 heterocycles. The van der Waals surface area contributed by atoms with Crippen molar-refractivity contribution in [1.29, 1.82) is 0 Å². The van der Waals surface area contributed by atoms with Gasteiger partial charge in [-0.15, -0.1) is 0 Å². The second kappa shape index (κ2) is 7.16. The third-order valence-electron chi connectivity index (χ3n) is 2.73. The van der Waals surface area contributed by atoms with Crippen molar-refractivity contribution in [3.63, 3.8) is 0 Å². The van der Waals surface area contributed by atoms with Gasteiger partial charge in [-0.2, -0.15) is 0 Å². The number of benzene rings is 2. The Hall–Kier alpha value is -1.83. The molecule has 23 heavy (non-hydrogen) atoms. The van der Waals surface area contributed by atoms with Crippen molar-refractivity contribution in [2.45, 2.75) is 0 Å². The molecule has 0 fully saturated rings. The van der Waals surface area contributed by atoms with Crippen LogP contribution < -0.4 is 4.74 Å². The first kappa shape index (κ1) is 17.5. The average molecular weight is 540 g/mol. The molecule has 0 bridgehead atoms. The van der Waals surface area contributed by atoms with Gasteiger partial charge in [0, 0.05) is 9.64 Å². The van der Waals surface area contributed by atoms with Crippen molar-refractivity contribution in [2.75, 3.05) is 0 Å². The van der Waals surface area contributed by atoms with E-state index in [0.717, 1.165) is 21.8 Å². The number of nitro benzene ring substituents is 2. The van der Waals surface area contributed by atoms with Crippen LogP contribution in [0, 0.1) is 27.4 Å². The summed E-state index contributed by atoms with van der Waals surface area (Å²) in [4.78, 5) is 31.5. The van der Waals surface area contributed by atoms with E-state index in [1.165, 1.54) is 0 Å². The number of non-ortho nitro benzene ring substituents is 1. The van der Waals surface area contributed by atoms with Gasteiger partial charge in [0.1, 0.15) is 0 Å². The van der Waals surface area contributed by atoms with E-state index in [9.17, 15) is 25.0 Å². The summed E-state index contributed by atoms with van der Waals surface area (Å²) in [5.74, 6) is -0.0132. The van der Waals surface area contributed by atoms with Gasteiger partial charge in [0.25, 0.3) is 5.69 Å². The molecule has 2 aromatic carbocycles. The SMILES string of the molecule is O=Cc1cc(I)cc(I)c1Oc1ccc([N+](=O)[O-])cc1[N+](=O)[O-]. The lowest BCUT2D eigenvalue weighted by Crippen LogP contribution is -1.99. The normalized spacial score (nSPS) is 10.2. The van der Waals surface area contributed by atoms with Gasteiger partial charge in [0.2, 0.25) is 5.75 Å². The molecule has 0 aliphatic rings. The van der Waals surface area contributed by atoms with Crippen LogP contribution in [0.25, 0.3) is 0 Å². The molecule has 0 aliphatic heterocycles. The molecule has 10 heteroatoms. The number of carbonyl (C=O) groups excluding carboxylic acids is 1. The fourth-order valence-corrected chi connectivity index (χ4v) is 3.73. The standard InChI is InChI=1S/C13H6I2N2O6/c14-8-3-7(6-18)13(10(15)4-8)23-12-2-1-9(16(19)20)5-11(12)17(21)22/h1-6H. The molecule has 0 saturated heterocycles. The third kappa shape index (κ3) is 3.93. The first-order valence-corrected chi connectivity index (χ1v) is 8.04. The van der Waals surface area contributed by atoms with Crippen LogP contribution in [-0.4, -0.2) is 16.1 Å². The van der Waals surface area contributed by atoms with Gasteiger partial charge in [0.15, 0.2) is 12.0 Å². The van der Waals surface area contributed by atoms with Crippen LogP contribution >= 0.6 is 45.2 Å². The van der Waals surface area contributed by atoms with Gasteiger partial charge in [-0.1, -0.05) is 0 Å². The number of nitro groups is 2. The smallest absolute Gasteiger partial charge is 0.318 e. The topological polar surface area (TPSA) is 113 Å². The fourth-order valence-electron chi connectivity index (χ4n) is 1.73. The first-order chi connectivity index (χ1) is 10.8. The molecule has 0 amide bonds. The second-order valence-electron chi connectivity index (χ2n) is 4.19. The number of rotatable bonds is 5. The molecule has 0 radical (unpaired) electrons. The Labute approximate surface area is 156 Å². The van der Waals surface area contributed by atoms with E-state index >= 15 is 0 Å².